The van der Waals surface area contributed by atoms with Gasteiger partial charge >= 0.3 is 0 Å². The SMILES string of the molecule is Cc1ccc(C(=O)NC(C(=O)N2CCC(OCCCN)CC2)C(C)C)cc1.Cl. The molecule has 1 atom stereocenters. The smallest absolute Gasteiger partial charge is 0.251 e. The molecule has 1 heterocycles. The van der Waals surface area contributed by atoms with Crippen LogP contribution >= 0.6 is 12.4 Å². The molecule has 3 N–H and O–H groups in total. The molecule has 0 radical (unpaired) electrons. The van der Waals surface area contributed by atoms with Crippen LogP contribution in [0.25, 0.3) is 0 Å². The number of ether oxygens (including phenoxy) is 1. The van der Waals surface area contributed by atoms with Gasteiger partial charge in [0.05, 0.1) is 6.10 Å². The number of aryl methyl sites for hydroxylation is 1. The lowest BCUT2D eigenvalue weighted by atomic mass is 9.99. The molecule has 0 aliphatic carbocycles. The van der Waals surface area contributed by atoms with Crippen LogP contribution < -0.4 is 11.1 Å². The molecular weight excluding hydrogens is 378 g/mol. The summed E-state index contributed by atoms with van der Waals surface area (Å²) in [5, 5.41) is 2.93. The van der Waals surface area contributed by atoms with Gasteiger partial charge in [-0.05, 0) is 50.8 Å². The monoisotopic (exact) mass is 411 g/mol. The molecule has 158 valence electrons. The first kappa shape index (κ1) is 24.4. The molecule has 1 aromatic carbocycles. The third-order valence-electron chi connectivity index (χ3n) is 4.99. The zero-order valence-electron chi connectivity index (χ0n) is 17.1. The molecule has 0 saturated carbocycles. The highest BCUT2D eigenvalue weighted by Gasteiger charge is 2.31. The molecule has 28 heavy (non-hydrogen) atoms. The zero-order valence-corrected chi connectivity index (χ0v) is 18.0. The Kier molecular flexibility index (Phi) is 10.5. The maximum absolute atomic E-state index is 13.0. The van der Waals surface area contributed by atoms with Crippen LogP contribution in [0.3, 0.4) is 0 Å². The molecule has 1 aromatic rings. The van der Waals surface area contributed by atoms with Gasteiger partial charge in [0.25, 0.3) is 5.91 Å². The third kappa shape index (κ3) is 7.08. The van der Waals surface area contributed by atoms with E-state index in [0.717, 1.165) is 24.8 Å². The maximum Gasteiger partial charge on any atom is 0.251 e. The largest absolute Gasteiger partial charge is 0.378 e. The van der Waals surface area contributed by atoms with E-state index in [4.69, 9.17) is 10.5 Å². The van der Waals surface area contributed by atoms with Crippen molar-refractivity contribution in [3.05, 3.63) is 35.4 Å². The summed E-state index contributed by atoms with van der Waals surface area (Å²) in [6.45, 7) is 8.53. The van der Waals surface area contributed by atoms with Crippen LogP contribution in [0, 0.1) is 12.8 Å². The number of halogens is 1. The fourth-order valence-electron chi connectivity index (χ4n) is 3.22. The van der Waals surface area contributed by atoms with Crippen molar-refractivity contribution in [1.29, 1.82) is 0 Å². The summed E-state index contributed by atoms with van der Waals surface area (Å²) < 4.78 is 5.80. The summed E-state index contributed by atoms with van der Waals surface area (Å²) in [5.74, 6) is -0.196. The molecule has 6 nitrogen and oxygen atoms in total. The zero-order chi connectivity index (χ0) is 19.8. The van der Waals surface area contributed by atoms with Crippen molar-refractivity contribution >= 4 is 24.2 Å². The Morgan fingerprint density at radius 3 is 2.36 bits per heavy atom. The van der Waals surface area contributed by atoms with Crippen molar-refractivity contribution in [2.75, 3.05) is 26.2 Å². The molecule has 1 aliphatic rings. The molecule has 0 spiro atoms. The number of benzene rings is 1. The van der Waals surface area contributed by atoms with Crippen molar-refractivity contribution in [3.8, 4) is 0 Å². The second-order valence-electron chi connectivity index (χ2n) is 7.60. The molecule has 1 fully saturated rings. The maximum atomic E-state index is 13.0. The number of hydrogen-bond acceptors (Lipinski definition) is 4. The Balaban J connectivity index is 0.00000392. The number of piperidine rings is 1. The minimum Gasteiger partial charge on any atom is -0.378 e. The minimum absolute atomic E-state index is 0. The summed E-state index contributed by atoms with van der Waals surface area (Å²) in [4.78, 5) is 27.4. The Bertz CT molecular complexity index is 614. The fourth-order valence-corrected chi connectivity index (χ4v) is 3.22. The van der Waals surface area contributed by atoms with Gasteiger partial charge in [-0.25, -0.2) is 0 Å². The highest BCUT2D eigenvalue weighted by Crippen LogP contribution is 2.17. The number of nitrogens with two attached hydrogens (primary N) is 1. The number of amides is 2. The van der Waals surface area contributed by atoms with E-state index in [1.165, 1.54) is 0 Å². The van der Waals surface area contributed by atoms with Crippen LogP contribution in [0.1, 0.15) is 49.0 Å². The molecule has 2 rings (SSSR count). The Morgan fingerprint density at radius 2 is 1.82 bits per heavy atom. The van der Waals surface area contributed by atoms with Crippen LogP contribution in [-0.4, -0.2) is 55.1 Å². The lowest BCUT2D eigenvalue weighted by molar-refractivity contribution is -0.137. The molecule has 0 bridgehead atoms. The lowest BCUT2D eigenvalue weighted by Gasteiger charge is -2.35. The van der Waals surface area contributed by atoms with Crippen molar-refractivity contribution in [2.24, 2.45) is 11.7 Å². The van der Waals surface area contributed by atoms with E-state index in [2.05, 4.69) is 5.32 Å². The normalized spacial score (nSPS) is 15.8. The number of carbonyl (C=O) groups excluding carboxylic acids is 2. The van der Waals surface area contributed by atoms with E-state index in [-0.39, 0.29) is 36.2 Å². The highest BCUT2D eigenvalue weighted by molar-refractivity contribution is 5.97. The van der Waals surface area contributed by atoms with Gasteiger partial charge < -0.3 is 20.7 Å². The Hall–Kier alpha value is -1.63. The Labute approximate surface area is 174 Å². The predicted molar refractivity (Wildman–Crippen MR) is 114 cm³/mol. The fraction of sp³-hybridized carbons (Fsp3) is 0.619. The first-order valence-electron chi connectivity index (χ1n) is 9.90. The molecular formula is C21H34ClN3O3. The third-order valence-corrected chi connectivity index (χ3v) is 4.99. The second-order valence-corrected chi connectivity index (χ2v) is 7.60. The number of carbonyl (C=O) groups is 2. The van der Waals surface area contributed by atoms with Crippen molar-refractivity contribution in [1.82, 2.24) is 10.2 Å². The molecule has 1 unspecified atom stereocenters. The predicted octanol–water partition coefficient (Wildman–Crippen LogP) is 2.53. The average molecular weight is 412 g/mol. The molecule has 2 amide bonds. The summed E-state index contributed by atoms with van der Waals surface area (Å²) in [6, 6.07) is 6.86. The van der Waals surface area contributed by atoms with Gasteiger partial charge in [-0.3, -0.25) is 9.59 Å². The van der Waals surface area contributed by atoms with Gasteiger partial charge in [0.2, 0.25) is 5.91 Å². The first-order valence-corrected chi connectivity index (χ1v) is 9.90. The van der Waals surface area contributed by atoms with Crippen LogP contribution in [0.5, 0.6) is 0 Å². The van der Waals surface area contributed by atoms with E-state index < -0.39 is 6.04 Å². The van der Waals surface area contributed by atoms with E-state index >= 15 is 0 Å². The van der Waals surface area contributed by atoms with E-state index in [0.29, 0.717) is 31.8 Å². The standard InChI is InChI=1S/C21H33N3O3.ClH/c1-15(2)19(23-20(25)17-7-5-16(3)6-8-17)21(26)24-12-9-18(10-13-24)27-14-4-11-22;/h5-8,15,18-19H,4,9-14,22H2,1-3H3,(H,23,25);1H. The highest BCUT2D eigenvalue weighted by atomic mass is 35.5. The topological polar surface area (TPSA) is 84.7 Å². The number of rotatable bonds is 8. The van der Waals surface area contributed by atoms with E-state index in [9.17, 15) is 9.59 Å². The van der Waals surface area contributed by atoms with Crippen molar-refractivity contribution in [2.45, 2.75) is 52.2 Å². The van der Waals surface area contributed by atoms with Gasteiger partial charge in [-0.2, -0.15) is 0 Å². The number of likely N-dealkylation sites (tertiary alicyclic amines) is 1. The quantitative estimate of drug-likeness (QED) is 0.644. The molecule has 1 saturated heterocycles. The van der Waals surface area contributed by atoms with Gasteiger partial charge in [-0.15, -0.1) is 12.4 Å². The lowest BCUT2D eigenvalue weighted by Crippen LogP contribution is -2.53. The van der Waals surface area contributed by atoms with Gasteiger partial charge in [0.1, 0.15) is 6.04 Å². The number of nitrogens with one attached hydrogen (secondary N) is 1. The minimum atomic E-state index is -0.520. The number of nitrogens with zero attached hydrogens (tertiary/aromatic N) is 1. The molecule has 7 heteroatoms. The summed E-state index contributed by atoms with van der Waals surface area (Å²) in [7, 11) is 0. The summed E-state index contributed by atoms with van der Waals surface area (Å²) >= 11 is 0. The van der Waals surface area contributed by atoms with Crippen LogP contribution in [0.4, 0.5) is 0 Å². The van der Waals surface area contributed by atoms with E-state index in [1.807, 2.05) is 37.8 Å². The van der Waals surface area contributed by atoms with Crippen LogP contribution in [-0.2, 0) is 9.53 Å². The van der Waals surface area contributed by atoms with Crippen LogP contribution in [0.2, 0.25) is 0 Å². The average Bonchev–Trinajstić information content (AvgIpc) is 2.66. The number of hydrogen-bond donors (Lipinski definition) is 2. The molecule has 0 aromatic heterocycles. The van der Waals surface area contributed by atoms with Crippen molar-refractivity contribution < 1.29 is 14.3 Å². The van der Waals surface area contributed by atoms with Gasteiger partial charge in [0.15, 0.2) is 0 Å². The molecule has 1 aliphatic heterocycles. The first-order chi connectivity index (χ1) is 12.9. The van der Waals surface area contributed by atoms with Gasteiger partial charge in [-0.1, -0.05) is 31.5 Å². The van der Waals surface area contributed by atoms with E-state index in [1.54, 1.807) is 12.1 Å². The Morgan fingerprint density at radius 1 is 1.21 bits per heavy atom. The summed E-state index contributed by atoms with van der Waals surface area (Å²) in [6.07, 6.45) is 2.71. The summed E-state index contributed by atoms with van der Waals surface area (Å²) in [5.41, 5.74) is 7.16. The van der Waals surface area contributed by atoms with Crippen molar-refractivity contribution in [3.63, 3.8) is 0 Å². The van der Waals surface area contributed by atoms with Gasteiger partial charge in [0, 0.05) is 25.3 Å². The van der Waals surface area contributed by atoms with Crippen LogP contribution in [0.15, 0.2) is 24.3 Å². The second kappa shape index (κ2) is 12.0.